The molecule has 0 heterocycles. The third-order valence-corrected chi connectivity index (χ3v) is 2.64. The topological polar surface area (TPSA) is 84.2 Å². The highest BCUT2D eigenvalue weighted by Gasteiger charge is 2.06. The van der Waals surface area contributed by atoms with Gasteiger partial charge in [-0.05, 0) is 37.1 Å². The van der Waals surface area contributed by atoms with Gasteiger partial charge in [0.25, 0.3) is 5.91 Å². The van der Waals surface area contributed by atoms with E-state index < -0.39 is 0 Å². The molecule has 1 rings (SSSR count). The van der Waals surface area contributed by atoms with Gasteiger partial charge in [0.15, 0.2) is 0 Å². The molecule has 0 aliphatic rings. The maximum Gasteiger partial charge on any atom is 0.251 e. The molecule has 0 atom stereocenters. The van der Waals surface area contributed by atoms with Crippen molar-refractivity contribution in [2.45, 2.75) is 19.8 Å². The summed E-state index contributed by atoms with van der Waals surface area (Å²) in [6.45, 7) is 2.39. The third-order valence-electron chi connectivity index (χ3n) is 2.64. The van der Waals surface area contributed by atoms with Crippen molar-refractivity contribution in [3.05, 3.63) is 29.3 Å². The Kier molecular flexibility index (Phi) is 5.17. The van der Waals surface area contributed by atoms with E-state index in [0.29, 0.717) is 18.5 Å². The Morgan fingerprint density at radius 1 is 1.33 bits per heavy atom. The Hall–Kier alpha value is -2.04. The number of nitrogens with two attached hydrogens (primary N) is 1. The van der Waals surface area contributed by atoms with Gasteiger partial charge in [0.1, 0.15) is 0 Å². The van der Waals surface area contributed by atoms with E-state index in [1.807, 2.05) is 26.1 Å². The van der Waals surface area contributed by atoms with Gasteiger partial charge in [0, 0.05) is 31.3 Å². The minimum absolute atomic E-state index is 0.134. The van der Waals surface area contributed by atoms with Crippen molar-refractivity contribution in [1.82, 2.24) is 5.32 Å². The summed E-state index contributed by atoms with van der Waals surface area (Å²) in [7, 11) is 1.84. The number of aryl methyl sites for hydroxylation is 1. The van der Waals surface area contributed by atoms with Crippen molar-refractivity contribution in [3.8, 4) is 0 Å². The van der Waals surface area contributed by atoms with Gasteiger partial charge in [-0.1, -0.05) is 0 Å². The molecule has 5 heteroatoms. The molecule has 4 N–H and O–H groups in total. The van der Waals surface area contributed by atoms with Crippen LogP contribution in [0.2, 0.25) is 0 Å². The molecule has 0 aliphatic heterocycles. The summed E-state index contributed by atoms with van der Waals surface area (Å²) >= 11 is 0. The summed E-state index contributed by atoms with van der Waals surface area (Å²) in [5.41, 5.74) is 7.65. The molecule has 0 aromatic heterocycles. The predicted molar refractivity (Wildman–Crippen MR) is 71.5 cm³/mol. The SMILES string of the molecule is CNc1ccc(C(=O)NCCCC(N)=O)cc1C. The minimum Gasteiger partial charge on any atom is -0.388 e. The van der Waals surface area contributed by atoms with Crippen LogP contribution in [0.1, 0.15) is 28.8 Å². The Bertz CT molecular complexity index is 444. The van der Waals surface area contributed by atoms with Crippen LogP contribution >= 0.6 is 0 Å². The fraction of sp³-hybridized carbons (Fsp3) is 0.385. The molecule has 98 valence electrons. The van der Waals surface area contributed by atoms with Crippen LogP contribution < -0.4 is 16.4 Å². The first-order valence-electron chi connectivity index (χ1n) is 5.89. The van der Waals surface area contributed by atoms with E-state index in [2.05, 4.69) is 10.6 Å². The van der Waals surface area contributed by atoms with E-state index in [4.69, 9.17) is 5.73 Å². The molecule has 0 spiro atoms. The number of rotatable bonds is 6. The predicted octanol–water partition coefficient (Wildman–Crippen LogP) is 1.03. The molecule has 2 amide bonds. The van der Waals surface area contributed by atoms with E-state index in [1.165, 1.54) is 0 Å². The summed E-state index contributed by atoms with van der Waals surface area (Å²) in [5.74, 6) is -0.483. The second kappa shape index (κ2) is 6.64. The number of hydrogen-bond acceptors (Lipinski definition) is 3. The number of amides is 2. The van der Waals surface area contributed by atoms with Crippen LogP contribution in [0.5, 0.6) is 0 Å². The molecule has 5 nitrogen and oxygen atoms in total. The number of nitrogens with one attached hydrogen (secondary N) is 2. The highest BCUT2D eigenvalue weighted by molar-refractivity contribution is 5.94. The van der Waals surface area contributed by atoms with Gasteiger partial charge in [-0.25, -0.2) is 0 Å². The van der Waals surface area contributed by atoms with Crippen LogP contribution in [-0.2, 0) is 4.79 Å². The lowest BCUT2D eigenvalue weighted by molar-refractivity contribution is -0.118. The minimum atomic E-state index is -0.349. The van der Waals surface area contributed by atoms with E-state index in [9.17, 15) is 9.59 Å². The van der Waals surface area contributed by atoms with Crippen molar-refractivity contribution in [1.29, 1.82) is 0 Å². The third kappa shape index (κ3) is 4.08. The highest BCUT2D eigenvalue weighted by Crippen LogP contribution is 2.15. The van der Waals surface area contributed by atoms with E-state index in [0.717, 1.165) is 11.3 Å². The molecule has 0 saturated heterocycles. The van der Waals surface area contributed by atoms with Gasteiger partial charge in [0.2, 0.25) is 5.91 Å². The van der Waals surface area contributed by atoms with Gasteiger partial charge in [-0.15, -0.1) is 0 Å². The van der Waals surface area contributed by atoms with Crippen LogP contribution in [0.15, 0.2) is 18.2 Å². The fourth-order valence-electron chi connectivity index (χ4n) is 1.65. The first kappa shape index (κ1) is 14.0. The zero-order chi connectivity index (χ0) is 13.5. The molecule has 0 unspecified atom stereocenters. The highest BCUT2D eigenvalue weighted by atomic mass is 16.2. The first-order chi connectivity index (χ1) is 8.54. The van der Waals surface area contributed by atoms with E-state index >= 15 is 0 Å². The maximum absolute atomic E-state index is 11.8. The number of carbonyl (C=O) groups is 2. The molecule has 0 fully saturated rings. The van der Waals surface area contributed by atoms with Crippen molar-refractivity contribution in [3.63, 3.8) is 0 Å². The smallest absolute Gasteiger partial charge is 0.251 e. The number of primary amides is 1. The van der Waals surface area contributed by atoms with Gasteiger partial charge in [-0.2, -0.15) is 0 Å². The van der Waals surface area contributed by atoms with Crippen LogP contribution in [0.3, 0.4) is 0 Å². The molecule has 0 bridgehead atoms. The molecule has 0 radical (unpaired) electrons. The Balaban J connectivity index is 2.51. The van der Waals surface area contributed by atoms with Crippen molar-refractivity contribution >= 4 is 17.5 Å². The first-order valence-corrected chi connectivity index (χ1v) is 5.89. The summed E-state index contributed by atoms with van der Waals surface area (Å²) < 4.78 is 0. The molecule has 1 aromatic rings. The van der Waals surface area contributed by atoms with Crippen molar-refractivity contribution in [2.24, 2.45) is 5.73 Å². The molecular formula is C13H19N3O2. The Morgan fingerprint density at radius 3 is 2.61 bits per heavy atom. The molecule has 0 aliphatic carbocycles. The van der Waals surface area contributed by atoms with Gasteiger partial charge in [-0.3, -0.25) is 9.59 Å². The standard InChI is InChI=1S/C13H19N3O2/c1-9-8-10(5-6-11(9)15-2)13(18)16-7-3-4-12(14)17/h5-6,8,15H,3-4,7H2,1-2H3,(H2,14,17)(H,16,18). The Labute approximate surface area is 107 Å². The lowest BCUT2D eigenvalue weighted by Gasteiger charge is -2.08. The maximum atomic E-state index is 11.8. The average Bonchev–Trinajstić information content (AvgIpc) is 2.34. The fourth-order valence-corrected chi connectivity index (χ4v) is 1.65. The van der Waals surface area contributed by atoms with Crippen molar-refractivity contribution < 1.29 is 9.59 Å². The summed E-state index contributed by atoms with van der Waals surface area (Å²) in [5, 5.41) is 5.79. The van der Waals surface area contributed by atoms with Crippen LogP contribution in [-0.4, -0.2) is 25.4 Å². The molecule has 0 saturated carbocycles. The largest absolute Gasteiger partial charge is 0.388 e. The van der Waals surface area contributed by atoms with Crippen LogP contribution in [0, 0.1) is 6.92 Å². The zero-order valence-corrected chi connectivity index (χ0v) is 10.7. The van der Waals surface area contributed by atoms with Crippen LogP contribution in [0.25, 0.3) is 0 Å². The number of benzene rings is 1. The summed E-state index contributed by atoms with van der Waals surface area (Å²) in [6.07, 6.45) is 0.854. The van der Waals surface area contributed by atoms with Crippen LogP contribution in [0.4, 0.5) is 5.69 Å². The second-order valence-corrected chi connectivity index (χ2v) is 4.11. The lowest BCUT2D eigenvalue weighted by Crippen LogP contribution is -2.25. The Morgan fingerprint density at radius 2 is 2.06 bits per heavy atom. The number of carbonyl (C=O) groups excluding carboxylic acids is 2. The molecule has 1 aromatic carbocycles. The van der Waals surface area contributed by atoms with Gasteiger partial charge < -0.3 is 16.4 Å². The monoisotopic (exact) mass is 249 g/mol. The zero-order valence-electron chi connectivity index (χ0n) is 10.7. The average molecular weight is 249 g/mol. The van der Waals surface area contributed by atoms with Gasteiger partial charge >= 0.3 is 0 Å². The summed E-state index contributed by atoms with van der Waals surface area (Å²) in [4.78, 5) is 22.3. The normalized spacial score (nSPS) is 9.89. The summed E-state index contributed by atoms with van der Waals surface area (Å²) in [6, 6.07) is 5.46. The van der Waals surface area contributed by atoms with E-state index in [-0.39, 0.29) is 18.2 Å². The van der Waals surface area contributed by atoms with E-state index in [1.54, 1.807) is 6.07 Å². The van der Waals surface area contributed by atoms with Crippen molar-refractivity contribution in [2.75, 3.05) is 18.9 Å². The van der Waals surface area contributed by atoms with Gasteiger partial charge in [0.05, 0.1) is 0 Å². The quantitative estimate of drug-likeness (QED) is 0.658. The lowest BCUT2D eigenvalue weighted by atomic mass is 10.1. The molecular weight excluding hydrogens is 230 g/mol. The molecule has 18 heavy (non-hydrogen) atoms. The number of hydrogen-bond donors (Lipinski definition) is 3. The second-order valence-electron chi connectivity index (χ2n) is 4.11. The number of anilines is 1.